The lowest BCUT2D eigenvalue weighted by atomic mass is 9.62. The van der Waals surface area contributed by atoms with E-state index in [1.807, 2.05) is 23.1 Å². The summed E-state index contributed by atoms with van der Waals surface area (Å²) in [6, 6.07) is 10.1. The van der Waals surface area contributed by atoms with Crippen molar-refractivity contribution < 1.29 is 9.90 Å². The van der Waals surface area contributed by atoms with Gasteiger partial charge in [-0.1, -0.05) is 45.0 Å². The van der Waals surface area contributed by atoms with Crippen LogP contribution in [0.15, 0.2) is 42.7 Å². The normalized spacial score (nSPS) is 20.8. The molecule has 1 N–H and O–H groups in total. The molecule has 0 unspecified atom stereocenters. The quantitative estimate of drug-likeness (QED) is 0.822. The fourth-order valence-electron chi connectivity index (χ4n) is 5.20. The molecule has 2 aliphatic rings. The number of rotatable bonds is 5. The molecular formula is C25H33N3O2. The van der Waals surface area contributed by atoms with Gasteiger partial charge >= 0.3 is 0 Å². The highest BCUT2D eigenvalue weighted by molar-refractivity contribution is 5.94. The van der Waals surface area contributed by atoms with Crippen molar-refractivity contribution in [3.8, 4) is 0 Å². The van der Waals surface area contributed by atoms with Gasteiger partial charge in [-0.2, -0.15) is 0 Å². The zero-order chi connectivity index (χ0) is 21.5. The van der Waals surface area contributed by atoms with E-state index in [0.29, 0.717) is 17.0 Å². The van der Waals surface area contributed by atoms with E-state index in [-0.39, 0.29) is 11.3 Å². The van der Waals surface area contributed by atoms with Gasteiger partial charge in [0.25, 0.3) is 5.91 Å². The second kappa shape index (κ2) is 7.78. The number of aliphatic hydroxyl groups is 1. The van der Waals surface area contributed by atoms with Gasteiger partial charge in [0.05, 0.1) is 5.56 Å². The standard InChI is InChI=1S/C25H33N3O2/c1-18(2)19-7-9-21(10-8-19)25(30,24(3)16-27(4)17-24)22-13-20(14-26-15-22)23(29)28-11-5-6-12-28/h7-10,13-15,18,30H,5-6,11-12,16-17H2,1-4H3/t25-/m0/s1. The third-order valence-electron chi connectivity index (χ3n) is 6.90. The van der Waals surface area contributed by atoms with Gasteiger partial charge in [-0.05, 0) is 43.0 Å². The molecule has 5 heteroatoms. The monoisotopic (exact) mass is 407 g/mol. The van der Waals surface area contributed by atoms with Crippen molar-refractivity contribution in [3.63, 3.8) is 0 Å². The zero-order valence-electron chi connectivity index (χ0n) is 18.6. The lowest BCUT2D eigenvalue weighted by molar-refractivity contribution is -0.127. The molecule has 160 valence electrons. The second-order valence-electron chi connectivity index (χ2n) is 9.68. The minimum absolute atomic E-state index is 0.00948. The van der Waals surface area contributed by atoms with Gasteiger partial charge in [0, 0.05) is 49.6 Å². The Balaban J connectivity index is 1.77. The number of benzene rings is 1. The fraction of sp³-hybridized carbons (Fsp3) is 0.520. The Morgan fingerprint density at radius 1 is 1.10 bits per heavy atom. The molecule has 2 saturated heterocycles. The van der Waals surface area contributed by atoms with Gasteiger partial charge < -0.3 is 14.9 Å². The van der Waals surface area contributed by atoms with Crippen molar-refractivity contribution in [2.75, 3.05) is 33.2 Å². The maximum Gasteiger partial charge on any atom is 0.255 e. The molecule has 0 bridgehead atoms. The zero-order valence-corrected chi connectivity index (χ0v) is 18.6. The van der Waals surface area contributed by atoms with E-state index in [0.717, 1.165) is 44.6 Å². The lowest BCUT2D eigenvalue weighted by Crippen LogP contribution is -2.63. The highest BCUT2D eigenvalue weighted by atomic mass is 16.3. The number of likely N-dealkylation sites (tertiary alicyclic amines) is 2. The molecule has 0 saturated carbocycles. The van der Waals surface area contributed by atoms with Gasteiger partial charge in [-0.25, -0.2) is 0 Å². The Kier molecular flexibility index (Phi) is 5.45. The van der Waals surface area contributed by atoms with Crippen molar-refractivity contribution >= 4 is 5.91 Å². The van der Waals surface area contributed by atoms with Crippen molar-refractivity contribution in [2.45, 2.75) is 45.1 Å². The van der Waals surface area contributed by atoms with E-state index < -0.39 is 5.60 Å². The Morgan fingerprint density at radius 3 is 2.30 bits per heavy atom. The molecule has 1 amide bonds. The van der Waals surface area contributed by atoms with Crippen molar-refractivity contribution in [3.05, 3.63) is 65.0 Å². The summed E-state index contributed by atoms with van der Waals surface area (Å²) in [6.07, 6.45) is 5.45. The van der Waals surface area contributed by atoms with Crippen LogP contribution in [0.2, 0.25) is 0 Å². The summed E-state index contributed by atoms with van der Waals surface area (Å²) in [5.74, 6) is 0.441. The van der Waals surface area contributed by atoms with Gasteiger partial charge in [0.2, 0.25) is 0 Å². The van der Waals surface area contributed by atoms with Crippen molar-refractivity contribution in [2.24, 2.45) is 5.41 Å². The molecular weight excluding hydrogens is 374 g/mol. The Hall–Kier alpha value is -2.24. The van der Waals surface area contributed by atoms with E-state index in [2.05, 4.69) is 49.8 Å². The van der Waals surface area contributed by atoms with Crippen molar-refractivity contribution in [1.82, 2.24) is 14.8 Å². The first-order valence-electron chi connectivity index (χ1n) is 11.0. The average Bonchev–Trinajstić information content (AvgIpc) is 3.26. The van der Waals surface area contributed by atoms with Crippen LogP contribution in [0, 0.1) is 5.41 Å². The number of nitrogens with zero attached hydrogens (tertiary/aromatic N) is 3. The molecule has 1 aromatic carbocycles. The number of amides is 1. The van der Waals surface area contributed by atoms with Crippen LogP contribution in [-0.2, 0) is 5.60 Å². The van der Waals surface area contributed by atoms with E-state index >= 15 is 0 Å². The lowest BCUT2D eigenvalue weighted by Gasteiger charge is -2.55. The maximum atomic E-state index is 13.0. The smallest absolute Gasteiger partial charge is 0.255 e. The fourth-order valence-corrected chi connectivity index (χ4v) is 5.20. The molecule has 30 heavy (non-hydrogen) atoms. The summed E-state index contributed by atoms with van der Waals surface area (Å²) in [4.78, 5) is 21.4. The number of aromatic nitrogens is 1. The number of carbonyl (C=O) groups excluding carboxylic acids is 1. The van der Waals surface area contributed by atoms with E-state index in [4.69, 9.17) is 0 Å². The summed E-state index contributed by atoms with van der Waals surface area (Å²) < 4.78 is 0. The summed E-state index contributed by atoms with van der Waals surface area (Å²) >= 11 is 0. The molecule has 1 atom stereocenters. The minimum Gasteiger partial charge on any atom is -0.380 e. The van der Waals surface area contributed by atoms with Crippen LogP contribution in [0.4, 0.5) is 0 Å². The van der Waals surface area contributed by atoms with Crippen LogP contribution < -0.4 is 0 Å². The van der Waals surface area contributed by atoms with Crippen LogP contribution in [0.3, 0.4) is 0 Å². The summed E-state index contributed by atoms with van der Waals surface area (Å²) in [5, 5.41) is 12.3. The molecule has 3 heterocycles. The van der Waals surface area contributed by atoms with Crippen LogP contribution in [0.1, 0.15) is 66.6 Å². The molecule has 0 aliphatic carbocycles. The van der Waals surface area contributed by atoms with Gasteiger partial charge in [-0.15, -0.1) is 0 Å². The second-order valence-corrected chi connectivity index (χ2v) is 9.68. The van der Waals surface area contributed by atoms with Crippen LogP contribution >= 0.6 is 0 Å². The van der Waals surface area contributed by atoms with Crippen LogP contribution in [0.25, 0.3) is 0 Å². The molecule has 2 fully saturated rings. The Morgan fingerprint density at radius 2 is 1.73 bits per heavy atom. The molecule has 4 rings (SSSR count). The first-order chi connectivity index (χ1) is 14.2. The van der Waals surface area contributed by atoms with E-state index in [9.17, 15) is 9.90 Å². The van der Waals surface area contributed by atoms with Gasteiger partial charge in [-0.3, -0.25) is 9.78 Å². The molecule has 0 radical (unpaired) electrons. The molecule has 2 aliphatic heterocycles. The van der Waals surface area contributed by atoms with Gasteiger partial charge in [0.15, 0.2) is 0 Å². The van der Waals surface area contributed by atoms with E-state index in [1.54, 1.807) is 12.4 Å². The maximum absolute atomic E-state index is 13.0. The Labute approximate surface area is 179 Å². The van der Waals surface area contributed by atoms with E-state index in [1.165, 1.54) is 5.56 Å². The Bertz CT molecular complexity index is 912. The first kappa shape index (κ1) is 21.0. The molecule has 5 nitrogen and oxygen atoms in total. The number of pyridine rings is 1. The predicted molar refractivity (Wildman–Crippen MR) is 119 cm³/mol. The number of hydrogen-bond acceptors (Lipinski definition) is 4. The predicted octanol–water partition coefficient (Wildman–Crippen LogP) is 3.63. The van der Waals surface area contributed by atoms with Gasteiger partial charge in [0.1, 0.15) is 5.60 Å². The third kappa shape index (κ3) is 3.44. The van der Waals surface area contributed by atoms with Crippen LogP contribution in [-0.4, -0.2) is 59.0 Å². The number of carbonyl (C=O) groups is 1. The highest BCUT2D eigenvalue weighted by Gasteiger charge is 2.55. The number of hydrogen-bond donors (Lipinski definition) is 1. The minimum atomic E-state index is -1.22. The molecule has 1 aromatic heterocycles. The first-order valence-corrected chi connectivity index (χ1v) is 11.0. The SMILES string of the molecule is CC(C)c1ccc([C@](O)(c2cncc(C(=O)N3CCCC3)c2)C2(C)CN(C)C2)cc1. The molecule has 2 aromatic rings. The third-order valence-corrected chi connectivity index (χ3v) is 6.90. The highest BCUT2D eigenvalue weighted by Crippen LogP contribution is 2.50. The van der Waals surface area contributed by atoms with Crippen molar-refractivity contribution in [1.29, 1.82) is 0 Å². The largest absolute Gasteiger partial charge is 0.380 e. The molecule has 0 spiro atoms. The summed E-state index contributed by atoms with van der Waals surface area (Å²) in [7, 11) is 2.07. The van der Waals surface area contributed by atoms with Crippen LogP contribution in [0.5, 0.6) is 0 Å². The average molecular weight is 408 g/mol. The summed E-state index contributed by atoms with van der Waals surface area (Å²) in [5.41, 5.74) is 1.77. The topological polar surface area (TPSA) is 56.7 Å². The summed E-state index contributed by atoms with van der Waals surface area (Å²) in [6.45, 7) is 9.61.